The first-order valence-electron chi connectivity index (χ1n) is 7.60. The van der Waals surface area contributed by atoms with E-state index in [2.05, 4.69) is 20.4 Å². The van der Waals surface area contributed by atoms with Crippen molar-refractivity contribution in [3.05, 3.63) is 6.33 Å². The Labute approximate surface area is 121 Å². The highest BCUT2D eigenvalue weighted by atomic mass is 19.3. The second-order valence-corrected chi connectivity index (χ2v) is 6.64. The third kappa shape index (κ3) is 1.93. The molecule has 4 rings (SSSR count). The Hall–Kier alpha value is -1.37. The first kappa shape index (κ1) is 13.3. The number of fused-ring (bicyclic) bond motifs is 3. The van der Waals surface area contributed by atoms with E-state index in [1.807, 2.05) is 6.92 Å². The van der Waals surface area contributed by atoms with Crippen molar-refractivity contribution >= 4 is 11.7 Å². The minimum Gasteiger partial charge on any atom is -0.311 e. The highest BCUT2D eigenvalue weighted by Gasteiger charge is 2.49. The van der Waals surface area contributed by atoms with Crippen LogP contribution in [0.25, 0.3) is 0 Å². The smallest absolute Gasteiger partial charge is 0.276 e. The van der Waals surface area contributed by atoms with E-state index in [0.717, 1.165) is 19.3 Å². The summed E-state index contributed by atoms with van der Waals surface area (Å²) in [5.74, 6) is 0.611. The number of hydrogen-bond acceptors (Lipinski definition) is 4. The van der Waals surface area contributed by atoms with E-state index in [1.165, 1.54) is 12.7 Å². The molecule has 0 amide bonds. The predicted molar refractivity (Wildman–Crippen MR) is 74.1 cm³/mol. The average Bonchev–Trinajstić information content (AvgIpc) is 3.06. The van der Waals surface area contributed by atoms with Gasteiger partial charge in [0.2, 0.25) is 5.95 Å². The maximum atomic E-state index is 13.2. The molecule has 0 saturated carbocycles. The first-order valence-corrected chi connectivity index (χ1v) is 7.60. The highest BCUT2D eigenvalue weighted by molar-refractivity contribution is 5.90. The lowest BCUT2D eigenvalue weighted by atomic mass is 9.73. The molecule has 4 atom stereocenters. The Morgan fingerprint density at radius 1 is 1.33 bits per heavy atom. The van der Waals surface area contributed by atoms with Gasteiger partial charge < -0.3 is 5.32 Å². The van der Waals surface area contributed by atoms with Crippen LogP contribution in [0.5, 0.6) is 0 Å². The van der Waals surface area contributed by atoms with Crippen molar-refractivity contribution < 1.29 is 8.78 Å². The van der Waals surface area contributed by atoms with Crippen LogP contribution in [-0.4, -0.2) is 39.0 Å². The molecule has 0 aromatic carbocycles. The van der Waals surface area contributed by atoms with Crippen molar-refractivity contribution in [3.63, 3.8) is 0 Å². The molecule has 0 aliphatic carbocycles. The van der Waals surface area contributed by atoms with Gasteiger partial charge in [-0.2, -0.15) is 10.1 Å². The fraction of sp³-hybridized carbons (Fsp3) is 0.786. The molecule has 21 heavy (non-hydrogen) atoms. The molecule has 2 bridgehead atoms. The molecule has 7 heteroatoms. The van der Waals surface area contributed by atoms with Crippen LogP contribution in [-0.2, 0) is 5.54 Å². The molecule has 5 nitrogen and oxygen atoms in total. The molecular formula is C14H19F2N5. The minimum absolute atomic E-state index is 0.0573. The van der Waals surface area contributed by atoms with Crippen LogP contribution in [0.15, 0.2) is 11.3 Å². The number of nitrogens with zero attached hydrogens (tertiary/aromatic N) is 4. The SMILES string of the molecule is CC1([C@H]2CC[C@H]3CC[C@@H]2N3)CC(C(F)F)=Nc2ncnn21. The molecule has 1 N–H and O–H groups in total. The third-order valence-corrected chi connectivity index (χ3v) is 5.43. The van der Waals surface area contributed by atoms with Gasteiger partial charge >= 0.3 is 0 Å². The van der Waals surface area contributed by atoms with Gasteiger partial charge in [-0.15, -0.1) is 0 Å². The second-order valence-electron chi connectivity index (χ2n) is 6.64. The summed E-state index contributed by atoms with van der Waals surface area (Å²) in [6.45, 7) is 2.03. The van der Waals surface area contributed by atoms with E-state index >= 15 is 0 Å². The zero-order valence-electron chi connectivity index (χ0n) is 12.0. The van der Waals surface area contributed by atoms with Crippen molar-refractivity contribution in [2.24, 2.45) is 10.9 Å². The number of nitrogens with one attached hydrogen (secondary N) is 1. The van der Waals surface area contributed by atoms with E-state index in [1.54, 1.807) is 4.68 Å². The summed E-state index contributed by atoms with van der Waals surface area (Å²) in [5.41, 5.74) is -0.523. The van der Waals surface area contributed by atoms with E-state index < -0.39 is 12.0 Å². The van der Waals surface area contributed by atoms with Crippen LogP contribution in [0.1, 0.15) is 39.0 Å². The predicted octanol–water partition coefficient (Wildman–Crippen LogP) is 2.27. The van der Waals surface area contributed by atoms with Crippen molar-refractivity contribution in [2.75, 3.05) is 0 Å². The van der Waals surface area contributed by atoms with Gasteiger partial charge in [0.05, 0.1) is 11.3 Å². The van der Waals surface area contributed by atoms with Crippen molar-refractivity contribution in [1.29, 1.82) is 0 Å². The van der Waals surface area contributed by atoms with Crippen LogP contribution in [0.2, 0.25) is 0 Å². The van der Waals surface area contributed by atoms with Crippen LogP contribution < -0.4 is 5.32 Å². The summed E-state index contributed by atoms with van der Waals surface area (Å²) >= 11 is 0. The van der Waals surface area contributed by atoms with Gasteiger partial charge in [0.1, 0.15) is 6.33 Å². The van der Waals surface area contributed by atoms with E-state index in [4.69, 9.17) is 0 Å². The number of rotatable bonds is 2. The number of piperidine rings is 1. The number of aromatic nitrogens is 3. The largest absolute Gasteiger partial charge is 0.311 e. The monoisotopic (exact) mass is 295 g/mol. The molecule has 1 aromatic heterocycles. The second kappa shape index (κ2) is 4.56. The highest BCUT2D eigenvalue weighted by Crippen LogP contribution is 2.45. The van der Waals surface area contributed by atoms with Crippen molar-refractivity contribution in [1.82, 2.24) is 20.1 Å². The average molecular weight is 295 g/mol. The lowest BCUT2D eigenvalue weighted by Gasteiger charge is -2.45. The van der Waals surface area contributed by atoms with Gasteiger partial charge in [-0.1, -0.05) is 0 Å². The maximum Gasteiger partial charge on any atom is 0.276 e. The molecule has 3 aliphatic heterocycles. The summed E-state index contributed by atoms with van der Waals surface area (Å²) in [4.78, 5) is 8.04. The Bertz CT molecular complexity index is 584. The Morgan fingerprint density at radius 3 is 2.95 bits per heavy atom. The zero-order valence-corrected chi connectivity index (χ0v) is 12.0. The van der Waals surface area contributed by atoms with Gasteiger partial charge in [-0.25, -0.2) is 18.5 Å². The summed E-state index contributed by atoms with van der Waals surface area (Å²) < 4.78 is 28.2. The topological polar surface area (TPSA) is 55.1 Å². The van der Waals surface area contributed by atoms with Crippen LogP contribution in [0.4, 0.5) is 14.7 Å². The molecule has 0 radical (unpaired) electrons. The Balaban J connectivity index is 1.74. The molecule has 2 fully saturated rings. The lowest BCUT2D eigenvalue weighted by Crippen LogP contribution is -2.53. The molecule has 1 aromatic rings. The fourth-order valence-electron chi connectivity index (χ4n) is 4.42. The van der Waals surface area contributed by atoms with Crippen LogP contribution >= 0.6 is 0 Å². The molecule has 114 valence electrons. The molecule has 0 spiro atoms. The summed E-state index contributed by atoms with van der Waals surface area (Å²) in [6, 6.07) is 1.000. The Morgan fingerprint density at radius 2 is 2.14 bits per heavy atom. The number of alkyl halides is 2. The zero-order chi connectivity index (χ0) is 14.6. The number of hydrogen-bond donors (Lipinski definition) is 1. The molecule has 4 heterocycles. The van der Waals surface area contributed by atoms with Gasteiger partial charge in [-0.3, -0.25) is 0 Å². The normalized spacial score (nSPS) is 38.5. The summed E-state index contributed by atoms with van der Waals surface area (Å²) in [5, 5.41) is 7.93. The van der Waals surface area contributed by atoms with Crippen LogP contribution in [0, 0.1) is 5.92 Å². The molecule has 2 saturated heterocycles. The van der Waals surface area contributed by atoms with E-state index in [0.29, 0.717) is 23.9 Å². The van der Waals surface area contributed by atoms with Crippen LogP contribution in [0.3, 0.4) is 0 Å². The summed E-state index contributed by atoms with van der Waals surface area (Å²) in [7, 11) is 0. The lowest BCUT2D eigenvalue weighted by molar-refractivity contribution is 0.103. The molecule has 3 aliphatic rings. The Kier molecular flexibility index (Phi) is 2.89. The number of halogens is 2. The molecular weight excluding hydrogens is 276 g/mol. The maximum absolute atomic E-state index is 13.2. The van der Waals surface area contributed by atoms with Gasteiger partial charge in [-0.05, 0) is 38.5 Å². The van der Waals surface area contributed by atoms with Gasteiger partial charge in [0.15, 0.2) is 0 Å². The van der Waals surface area contributed by atoms with Crippen molar-refractivity contribution in [2.45, 2.75) is 63.1 Å². The first-order chi connectivity index (χ1) is 10.1. The quantitative estimate of drug-likeness (QED) is 0.910. The fourth-order valence-corrected chi connectivity index (χ4v) is 4.42. The van der Waals surface area contributed by atoms with Gasteiger partial charge in [0.25, 0.3) is 6.43 Å². The van der Waals surface area contributed by atoms with Gasteiger partial charge in [0, 0.05) is 18.5 Å². The number of aliphatic imine (C=N–C) groups is 1. The molecule has 1 unspecified atom stereocenters. The standard InChI is InChI=1S/C14H19F2N5/c1-14(9-4-2-8-3-5-10(9)19-8)6-11(12(15)16)20-13-17-7-18-21(13)14/h7-10,12,19H,2-6H2,1H3/t8-,9-,10-,14?/m0/s1. The third-order valence-electron chi connectivity index (χ3n) is 5.43. The van der Waals surface area contributed by atoms with E-state index in [-0.39, 0.29) is 12.1 Å². The van der Waals surface area contributed by atoms with Crippen molar-refractivity contribution in [3.8, 4) is 0 Å². The summed E-state index contributed by atoms with van der Waals surface area (Å²) in [6.07, 6.45) is 3.63. The van der Waals surface area contributed by atoms with E-state index in [9.17, 15) is 8.78 Å². The minimum atomic E-state index is -2.53.